The molecule has 0 atom stereocenters. The molecule has 2 aliphatic heterocycles. The molecule has 0 aliphatic carbocycles. The number of ether oxygens (including phenoxy) is 3. The van der Waals surface area contributed by atoms with Gasteiger partial charge < -0.3 is 24.0 Å². The lowest BCUT2D eigenvalue weighted by Gasteiger charge is -2.36. The summed E-state index contributed by atoms with van der Waals surface area (Å²) in [5, 5.41) is 0.328. The Hall–Kier alpha value is -3.14. The van der Waals surface area contributed by atoms with Crippen molar-refractivity contribution in [3.63, 3.8) is 0 Å². The Kier molecular flexibility index (Phi) is 7.06. The maximum atomic E-state index is 13.0. The van der Waals surface area contributed by atoms with Crippen molar-refractivity contribution in [2.45, 2.75) is 12.6 Å². The first-order valence-electron chi connectivity index (χ1n) is 10.6. The highest BCUT2D eigenvalue weighted by Crippen LogP contribution is 2.38. The summed E-state index contributed by atoms with van der Waals surface area (Å²) in [7, 11) is 0. The molecule has 0 bridgehead atoms. The minimum atomic E-state index is -4.41. The van der Waals surface area contributed by atoms with Gasteiger partial charge in [-0.1, -0.05) is 17.7 Å². The number of esters is 1. The fourth-order valence-electron chi connectivity index (χ4n) is 3.81. The van der Waals surface area contributed by atoms with Gasteiger partial charge in [-0.3, -0.25) is 9.59 Å². The van der Waals surface area contributed by atoms with E-state index in [4.69, 9.17) is 25.8 Å². The van der Waals surface area contributed by atoms with Crippen molar-refractivity contribution in [1.82, 2.24) is 4.90 Å². The fraction of sp³-hybridized carbons (Fsp3) is 0.391. The number of hydrogen-bond acceptors (Lipinski definition) is 6. The number of anilines is 1. The Bertz CT molecular complexity index is 1070. The quantitative estimate of drug-likeness (QED) is 0.587. The van der Waals surface area contributed by atoms with Crippen molar-refractivity contribution in [1.29, 1.82) is 0 Å². The molecule has 7 nitrogen and oxygen atoms in total. The maximum absolute atomic E-state index is 13.0. The van der Waals surface area contributed by atoms with Crippen molar-refractivity contribution in [3.05, 3.63) is 52.5 Å². The van der Waals surface area contributed by atoms with Crippen LogP contribution in [0, 0.1) is 0 Å². The highest BCUT2D eigenvalue weighted by molar-refractivity contribution is 6.32. The van der Waals surface area contributed by atoms with Crippen LogP contribution in [0.1, 0.15) is 11.1 Å². The molecule has 0 spiro atoms. The summed E-state index contributed by atoms with van der Waals surface area (Å²) in [4.78, 5) is 28.0. The van der Waals surface area contributed by atoms with Gasteiger partial charge in [-0.25, -0.2) is 0 Å². The number of benzene rings is 2. The number of hydrogen-bond donors (Lipinski definition) is 0. The van der Waals surface area contributed by atoms with Gasteiger partial charge in [0, 0.05) is 31.9 Å². The fourth-order valence-corrected chi connectivity index (χ4v) is 4.10. The van der Waals surface area contributed by atoms with Crippen molar-refractivity contribution in [3.8, 4) is 11.5 Å². The van der Waals surface area contributed by atoms with E-state index >= 15 is 0 Å². The number of fused-ring (bicyclic) bond motifs is 1. The topological polar surface area (TPSA) is 68.3 Å². The average Bonchev–Trinajstić information content (AvgIpc) is 2.82. The van der Waals surface area contributed by atoms with E-state index in [1.54, 1.807) is 23.1 Å². The summed E-state index contributed by atoms with van der Waals surface area (Å²) in [6.45, 7) is 1.72. The Balaban J connectivity index is 1.25. The molecule has 4 rings (SSSR count). The Labute approximate surface area is 198 Å². The molecule has 0 saturated carbocycles. The molecule has 0 radical (unpaired) electrons. The first-order chi connectivity index (χ1) is 16.2. The standard InChI is InChI=1S/C23H22ClF3N2O5/c24-18-10-15(11-19-22(18)33-9-8-32-19)12-21(31)34-14-20(30)29-6-4-28(5-7-29)17-3-1-2-16(13-17)23(25,26)27/h1-3,10-11,13H,4-9,12,14H2. The molecule has 2 aromatic rings. The van der Waals surface area contributed by atoms with Crippen molar-refractivity contribution in [2.24, 2.45) is 0 Å². The van der Waals surface area contributed by atoms with Crippen molar-refractivity contribution < 1.29 is 37.0 Å². The number of carbonyl (C=O) groups excluding carboxylic acids is 2. The summed E-state index contributed by atoms with van der Waals surface area (Å²) in [5.74, 6) is -0.0679. The van der Waals surface area contributed by atoms with Crippen LogP contribution in [-0.2, 0) is 26.9 Å². The van der Waals surface area contributed by atoms with Crippen LogP contribution in [0.25, 0.3) is 0 Å². The van der Waals surface area contributed by atoms with Crippen LogP contribution in [0.2, 0.25) is 5.02 Å². The van der Waals surface area contributed by atoms with E-state index in [9.17, 15) is 22.8 Å². The van der Waals surface area contributed by atoms with E-state index in [0.29, 0.717) is 67.2 Å². The molecule has 0 N–H and O–H groups in total. The van der Waals surface area contributed by atoms with Gasteiger partial charge in [-0.2, -0.15) is 13.2 Å². The first-order valence-corrected chi connectivity index (χ1v) is 11.0. The van der Waals surface area contributed by atoms with Gasteiger partial charge in [0.15, 0.2) is 18.1 Å². The van der Waals surface area contributed by atoms with Gasteiger partial charge in [0.25, 0.3) is 5.91 Å². The van der Waals surface area contributed by atoms with Crippen LogP contribution in [0.15, 0.2) is 36.4 Å². The molecule has 2 heterocycles. The molecule has 34 heavy (non-hydrogen) atoms. The smallest absolute Gasteiger partial charge is 0.416 e. The van der Waals surface area contributed by atoms with Gasteiger partial charge in [0.2, 0.25) is 0 Å². The van der Waals surface area contributed by atoms with Crippen molar-refractivity contribution in [2.75, 3.05) is 50.9 Å². The van der Waals surface area contributed by atoms with Crippen LogP contribution in [-0.4, -0.2) is 62.8 Å². The van der Waals surface area contributed by atoms with E-state index in [0.717, 1.165) is 12.1 Å². The predicted octanol–water partition coefficient (Wildman–Crippen LogP) is 3.56. The van der Waals surface area contributed by atoms with Crippen LogP contribution in [0.3, 0.4) is 0 Å². The van der Waals surface area contributed by atoms with Crippen LogP contribution in [0.5, 0.6) is 11.5 Å². The van der Waals surface area contributed by atoms with Crippen LogP contribution < -0.4 is 14.4 Å². The minimum absolute atomic E-state index is 0.0903. The lowest BCUT2D eigenvalue weighted by molar-refractivity contribution is -0.151. The molecule has 1 saturated heterocycles. The third-order valence-electron chi connectivity index (χ3n) is 5.53. The summed E-state index contributed by atoms with van der Waals surface area (Å²) >= 11 is 6.17. The summed E-state index contributed by atoms with van der Waals surface area (Å²) in [6, 6.07) is 8.34. The second kappa shape index (κ2) is 10.0. The number of rotatable bonds is 5. The normalized spacial score (nSPS) is 15.8. The minimum Gasteiger partial charge on any atom is -0.486 e. The summed E-state index contributed by atoms with van der Waals surface area (Å²) in [6.07, 6.45) is -4.50. The zero-order chi connectivity index (χ0) is 24.3. The molecular formula is C23H22ClF3N2O5. The number of amides is 1. The zero-order valence-electron chi connectivity index (χ0n) is 18.1. The molecule has 1 amide bonds. The number of halogens is 4. The lowest BCUT2D eigenvalue weighted by Crippen LogP contribution is -2.50. The second-order valence-electron chi connectivity index (χ2n) is 7.86. The molecule has 1 fully saturated rings. The first kappa shape index (κ1) is 24.0. The van der Waals surface area contributed by atoms with Gasteiger partial charge >= 0.3 is 12.1 Å². The number of alkyl halides is 3. The van der Waals surface area contributed by atoms with Gasteiger partial charge in [-0.05, 0) is 35.9 Å². The number of nitrogens with zero attached hydrogens (tertiary/aromatic N) is 2. The van der Waals surface area contributed by atoms with E-state index in [1.807, 2.05) is 0 Å². The van der Waals surface area contributed by atoms with E-state index < -0.39 is 24.3 Å². The zero-order valence-corrected chi connectivity index (χ0v) is 18.8. The largest absolute Gasteiger partial charge is 0.486 e. The maximum Gasteiger partial charge on any atom is 0.416 e. The second-order valence-corrected chi connectivity index (χ2v) is 8.26. The molecular weight excluding hydrogens is 477 g/mol. The Morgan fingerprint density at radius 2 is 1.76 bits per heavy atom. The van der Waals surface area contributed by atoms with E-state index in [-0.39, 0.29) is 12.3 Å². The average molecular weight is 499 g/mol. The molecule has 182 valence electrons. The van der Waals surface area contributed by atoms with Gasteiger partial charge in [-0.15, -0.1) is 0 Å². The molecule has 2 aromatic carbocycles. The Morgan fingerprint density at radius 1 is 1.03 bits per heavy atom. The number of carbonyl (C=O) groups is 2. The van der Waals surface area contributed by atoms with Crippen molar-refractivity contribution >= 4 is 29.2 Å². The molecule has 11 heteroatoms. The molecule has 0 unspecified atom stereocenters. The molecule has 2 aliphatic rings. The van der Waals surface area contributed by atoms with Crippen LogP contribution in [0.4, 0.5) is 18.9 Å². The molecule has 0 aromatic heterocycles. The predicted molar refractivity (Wildman–Crippen MR) is 117 cm³/mol. The Morgan fingerprint density at radius 3 is 2.50 bits per heavy atom. The third-order valence-corrected chi connectivity index (χ3v) is 5.81. The number of piperazine rings is 1. The third kappa shape index (κ3) is 5.67. The van der Waals surface area contributed by atoms with Gasteiger partial charge in [0.05, 0.1) is 17.0 Å². The van der Waals surface area contributed by atoms with E-state index in [1.165, 1.54) is 11.0 Å². The highest BCUT2D eigenvalue weighted by Gasteiger charge is 2.31. The van der Waals surface area contributed by atoms with Crippen LogP contribution >= 0.6 is 11.6 Å². The SMILES string of the molecule is O=C(Cc1cc(Cl)c2c(c1)OCCO2)OCC(=O)N1CCN(c2cccc(C(F)(F)F)c2)CC1. The monoisotopic (exact) mass is 498 g/mol. The van der Waals surface area contributed by atoms with E-state index in [2.05, 4.69) is 0 Å². The highest BCUT2D eigenvalue weighted by atomic mass is 35.5. The summed E-state index contributed by atoms with van der Waals surface area (Å²) in [5.41, 5.74) is 0.308. The lowest BCUT2D eigenvalue weighted by atomic mass is 10.1. The van der Waals surface area contributed by atoms with Gasteiger partial charge in [0.1, 0.15) is 13.2 Å². The summed E-state index contributed by atoms with van der Waals surface area (Å²) < 4.78 is 54.9.